The smallest absolute Gasteiger partial charge is 0.191 e. The third kappa shape index (κ3) is 6.83. The monoisotopic (exact) mass is 365 g/mol. The number of aryl methyl sites for hydroxylation is 1. The average molecular weight is 365 g/mol. The van der Waals surface area contributed by atoms with Gasteiger partial charge in [-0.3, -0.25) is 4.68 Å². The summed E-state index contributed by atoms with van der Waals surface area (Å²) in [5, 5.41) is 10.7. The number of aliphatic imine (C=N–C) groups is 1. The largest absolute Gasteiger partial charge is 0.357 e. The lowest BCUT2D eigenvalue weighted by Gasteiger charge is -2.12. The van der Waals surface area contributed by atoms with Crippen molar-refractivity contribution in [2.24, 2.45) is 18.0 Å². The van der Waals surface area contributed by atoms with Gasteiger partial charge in [0.1, 0.15) is 0 Å². The maximum atomic E-state index is 4.51. The molecule has 0 saturated carbocycles. The number of rotatable bonds is 5. The van der Waals surface area contributed by atoms with Crippen LogP contribution in [0.2, 0.25) is 0 Å². The average Bonchev–Trinajstić information content (AvgIpc) is 2.68. The van der Waals surface area contributed by atoms with E-state index in [9.17, 15) is 0 Å². The predicted octanol–water partition coefficient (Wildman–Crippen LogP) is 1.75. The van der Waals surface area contributed by atoms with E-state index in [-0.39, 0.29) is 24.0 Å². The quantitative estimate of drug-likeness (QED) is 0.475. The molecule has 0 aliphatic rings. The van der Waals surface area contributed by atoms with Gasteiger partial charge in [0.25, 0.3) is 0 Å². The molecule has 0 amide bonds. The van der Waals surface area contributed by atoms with Crippen LogP contribution in [-0.4, -0.2) is 28.8 Å². The minimum atomic E-state index is 0. The minimum Gasteiger partial charge on any atom is -0.357 e. The Labute approximate surface area is 126 Å². The first kappa shape index (κ1) is 17.2. The van der Waals surface area contributed by atoms with Crippen LogP contribution in [0.5, 0.6) is 0 Å². The second kappa shape index (κ2) is 9.18. The van der Waals surface area contributed by atoms with Gasteiger partial charge in [0.15, 0.2) is 5.96 Å². The van der Waals surface area contributed by atoms with E-state index >= 15 is 0 Å². The normalized spacial score (nSPS) is 11.3. The maximum Gasteiger partial charge on any atom is 0.191 e. The Morgan fingerprint density at radius 3 is 2.67 bits per heavy atom. The van der Waals surface area contributed by atoms with Crippen LogP contribution in [0.25, 0.3) is 0 Å². The molecule has 0 unspecified atom stereocenters. The molecule has 1 aromatic heterocycles. The van der Waals surface area contributed by atoms with E-state index in [4.69, 9.17) is 0 Å². The molecule has 18 heavy (non-hydrogen) atoms. The van der Waals surface area contributed by atoms with Gasteiger partial charge in [-0.2, -0.15) is 5.10 Å². The van der Waals surface area contributed by atoms with Crippen LogP contribution >= 0.6 is 24.0 Å². The van der Waals surface area contributed by atoms with Crippen molar-refractivity contribution in [2.75, 3.05) is 13.1 Å². The highest BCUT2D eigenvalue weighted by atomic mass is 127. The molecule has 0 bridgehead atoms. The molecular formula is C12H24IN5. The molecule has 104 valence electrons. The van der Waals surface area contributed by atoms with Crippen molar-refractivity contribution in [3.63, 3.8) is 0 Å². The van der Waals surface area contributed by atoms with E-state index in [2.05, 4.69) is 41.5 Å². The Morgan fingerprint density at radius 2 is 2.17 bits per heavy atom. The number of hydrogen-bond donors (Lipinski definition) is 2. The summed E-state index contributed by atoms with van der Waals surface area (Å²) in [6.45, 7) is 8.88. The van der Waals surface area contributed by atoms with Crippen LogP contribution in [0.3, 0.4) is 0 Å². The van der Waals surface area contributed by atoms with Crippen molar-refractivity contribution >= 4 is 29.9 Å². The molecule has 0 fully saturated rings. The third-order valence-corrected chi connectivity index (χ3v) is 2.20. The number of nitrogens with zero attached hydrogens (tertiary/aromatic N) is 3. The van der Waals surface area contributed by atoms with E-state index in [1.807, 2.05) is 19.4 Å². The highest BCUT2D eigenvalue weighted by Crippen LogP contribution is 1.98. The SMILES string of the molecule is CCNC(=NCc1cnn(C)c1)NCC(C)C.I. The summed E-state index contributed by atoms with van der Waals surface area (Å²) in [6.07, 6.45) is 3.82. The molecule has 0 saturated heterocycles. The summed E-state index contributed by atoms with van der Waals surface area (Å²) >= 11 is 0. The van der Waals surface area contributed by atoms with Crippen LogP contribution in [0.4, 0.5) is 0 Å². The fraction of sp³-hybridized carbons (Fsp3) is 0.667. The molecule has 1 heterocycles. The Morgan fingerprint density at radius 1 is 1.44 bits per heavy atom. The van der Waals surface area contributed by atoms with Crippen LogP contribution < -0.4 is 10.6 Å². The van der Waals surface area contributed by atoms with Crippen molar-refractivity contribution in [1.82, 2.24) is 20.4 Å². The first-order valence-corrected chi connectivity index (χ1v) is 6.11. The van der Waals surface area contributed by atoms with E-state index in [1.54, 1.807) is 4.68 Å². The zero-order valence-corrected chi connectivity index (χ0v) is 13.9. The Kier molecular flexibility index (Phi) is 8.78. The van der Waals surface area contributed by atoms with Gasteiger partial charge in [0.2, 0.25) is 0 Å². The zero-order valence-electron chi connectivity index (χ0n) is 11.6. The maximum absolute atomic E-state index is 4.51. The van der Waals surface area contributed by atoms with Gasteiger partial charge in [-0.1, -0.05) is 13.8 Å². The summed E-state index contributed by atoms with van der Waals surface area (Å²) < 4.78 is 1.79. The van der Waals surface area contributed by atoms with E-state index in [0.29, 0.717) is 12.5 Å². The lowest BCUT2D eigenvalue weighted by Crippen LogP contribution is -2.39. The summed E-state index contributed by atoms with van der Waals surface area (Å²) in [6, 6.07) is 0. The highest BCUT2D eigenvalue weighted by molar-refractivity contribution is 14.0. The van der Waals surface area contributed by atoms with Crippen molar-refractivity contribution in [3.05, 3.63) is 18.0 Å². The van der Waals surface area contributed by atoms with Gasteiger partial charge in [-0.15, -0.1) is 24.0 Å². The van der Waals surface area contributed by atoms with Crippen molar-refractivity contribution in [2.45, 2.75) is 27.3 Å². The molecule has 0 spiro atoms. The molecule has 5 nitrogen and oxygen atoms in total. The minimum absolute atomic E-state index is 0. The lowest BCUT2D eigenvalue weighted by atomic mass is 10.2. The summed E-state index contributed by atoms with van der Waals surface area (Å²) in [5.41, 5.74) is 1.12. The van der Waals surface area contributed by atoms with Gasteiger partial charge in [-0.25, -0.2) is 4.99 Å². The first-order chi connectivity index (χ1) is 8.11. The summed E-state index contributed by atoms with van der Waals surface area (Å²) in [7, 11) is 1.91. The van der Waals surface area contributed by atoms with Gasteiger partial charge >= 0.3 is 0 Å². The fourth-order valence-electron chi connectivity index (χ4n) is 1.37. The van der Waals surface area contributed by atoms with E-state index in [0.717, 1.165) is 24.6 Å². The fourth-order valence-corrected chi connectivity index (χ4v) is 1.37. The molecular weight excluding hydrogens is 341 g/mol. The van der Waals surface area contributed by atoms with Gasteiger partial charge < -0.3 is 10.6 Å². The lowest BCUT2D eigenvalue weighted by molar-refractivity contribution is 0.615. The number of aromatic nitrogens is 2. The highest BCUT2D eigenvalue weighted by Gasteiger charge is 2.00. The van der Waals surface area contributed by atoms with Crippen molar-refractivity contribution in [3.8, 4) is 0 Å². The van der Waals surface area contributed by atoms with Gasteiger partial charge in [0, 0.05) is 31.9 Å². The summed E-state index contributed by atoms with van der Waals surface area (Å²) in [5.74, 6) is 1.47. The van der Waals surface area contributed by atoms with Crippen LogP contribution in [0.15, 0.2) is 17.4 Å². The topological polar surface area (TPSA) is 54.2 Å². The predicted molar refractivity (Wildman–Crippen MR) is 86.3 cm³/mol. The number of hydrogen-bond acceptors (Lipinski definition) is 2. The standard InChI is InChI=1S/C12H23N5.HI/c1-5-13-12(14-6-10(2)3)15-7-11-8-16-17(4)9-11;/h8-10H,5-7H2,1-4H3,(H2,13,14,15);1H. The van der Waals surface area contributed by atoms with Crippen LogP contribution in [0, 0.1) is 5.92 Å². The molecule has 1 rings (SSSR count). The molecule has 1 aromatic rings. The molecule has 0 aromatic carbocycles. The van der Waals surface area contributed by atoms with Gasteiger partial charge in [0.05, 0.1) is 12.7 Å². The second-order valence-corrected chi connectivity index (χ2v) is 4.49. The molecule has 6 heteroatoms. The van der Waals surface area contributed by atoms with Gasteiger partial charge in [-0.05, 0) is 12.8 Å². The van der Waals surface area contributed by atoms with E-state index < -0.39 is 0 Å². The molecule has 2 N–H and O–H groups in total. The third-order valence-electron chi connectivity index (χ3n) is 2.20. The Hall–Kier alpha value is -0.790. The van der Waals surface area contributed by atoms with Crippen molar-refractivity contribution < 1.29 is 0 Å². The summed E-state index contributed by atoms with van der Waals surface area (Å²) in [4.78, 5) is 4.51. The van der Waals surface area contributed by atoms with Crippen LogP contribution in [0.1, 0.15) is 26.3 Å². The molecule has 0 radical (unpaired) electrons. The Bertz CT molecular complexity index is 359. The van der Waals surface area contributed by atoms with Crippen LogP contribution in [-0.2, 0) is 13.6 Å². The number of halogens is 1. The zero-order chi connectivity index (χ0) is 12.7. The molecule has 0 atom stereocenters. The second-order valence-electron chi connectivity index (χ2n) is 4.49. The molecule has 0 aliphatic carbocycles. The number of nitrogens with one attached hydrogen (secondary N) is 2. The first-order valence-electron chi connectivity index (χ1n) is 6.11. The Balaban J connectivity index is 0.00000289. The molecule has 0 aliphatic heterocycles. The van der Waals surface area contributed by atoms with E-state index in [1.165, 1.54) is 0 Å². The number of guanidine groups is 1. The van der Waals surface area contributed by atoms with Crippen molar-refractivity contribution in [1.29, 1.82) is 0 Å².